The molecule has 28 heavy (non-hydrogen) atoms. The number of carbonyl (C=O) groups is 2. The van der Waals surface area contributed by atoms with Gasteiger partial charge in [0, 0.05) is 10.0 Å². The lowest BCUT2D eigenvalue weighted by molar-refractivity contribution is 0.0147. The molecule has 0 radical (unpaired) electrons. The molecule has 0 atom stereocenters. The Morgan fingerprint density at radius 3 is 1.93 bits per heavy atom. The van der Waals surface area contributed by atoms with E-state index in [9.17, 15) is 9.59 Å². The van der Waals surface area contributed by atoms with Crippen molar-refractivity contribution in [1.82, 2.24) is 4.90 Å². The number of rotatable bonds is 2. The molecule has 6 nitrogen and oxygen atoms in total. The summed E-state index contributed by atoms with van der Waals surface area (Å²) in [6.07, 6.45) is 0.119. The molecule has 7 heteroatoms. The van der Waals surface area contributed by atoms with Crippen LogP contribution in [-0.4, -0.2) is 34.1 Å². The number of hydrogen-bond acceptors (Lipinski definition) is 5. The van der Waals surface area contributed by atoms with Gasteiger partial charge in [-0.2, -0.15) is 4.90 Å². The average molecular weight is 453 g/mol. The molecule has 0 spiro atoms. The van der Waals surface area contributed by atoms with Crippen LogP contribution in [0.3, 0.4) is 0 Å². The fraction of sp³-hybridized carbons (Fsp3) is 0.476. The molecule has 0 aliphatic carbocycles. The number of carbonyl (C=O) groups excluding carboxylic acids is 2. The zero-order chi connectivity index (χ0) is 21.7. The number of amides is 2. The van der Waals surface area contributed by atoms with E-state index in [1.54, 1.807) is 54.5 Å². The number of amidine groups is 1. The lowest BCUT2D eigenvalue weighted by Crippen LogP contribution is -2.46. The SMILES string of the molecule is C/C=C(\N=C(/C)N(C(=O)OC(C)(C)C)C(=O)OC(C)(C)C)c1cccc(Br)c1. The number of nitrogens with zero attached hydrogens (tertiary/aromatic N) is 2. The first kappa shape index (κ1) is 23.9. The summed E-state index contributed by atoms with van der Waals surface area (Å²) < 4.78 is 11.6. The Balaban J connectivity index is 3.32. The predicted molar refractivity (Wildman–Crippen MR) is 115 cm³/mol. The van der Waals surface area contributed by atoms with E-state index in [-0.39, 0.29) is 5.84 Å². The van der Waals surface area contributed by atoms with Gasteiger partial charge in [0.05, 0.1) is 5.70 Å². The zero-order valence-corrected chi connectivity index (χ0v) is 19.4. The van der Waals surface area contributed by atoms with Crippen LogP contribution < -0.4 is 0 Å². The van der Waals surface area contributed by atoms with Gasteiger partial charge in [-0.05, 0) is 67.5 Å². The van der Waals surface area contributed by atoms with Crippen LogP contribution in [0.15, 0.2) is 39.8 Å². The summed E-state index contributed by atoms with van der Waals surface area (Å²) >= 11 is 3.43. The number of ether oxygens (including phenoxy) is 2. The van der Waals surface area contributed by atoms with E-state index in [0.29, 0.717) is 5.70 Å². The number of allylic oxidation sites excluding steroid dienone is 1. The molecule has 154 valence electrons. The van der Waals surface area contributed by atoms with Crippen LogP contribution in [-0.2, 0) is 9.47 Å². The van der Waals surface area contributed by atoms with Crippen LogP contribution in [0.2, 0.25) is 0 Å². The van der Waals surface area contributed by atoms with E-state index in [4.69, 9.17) is 9.47 Å². The van der Waals surface area contributed by atoms with E-state index in [1.165, 1.54) is 0 Å². The summed E-state index contributed by atoms with van der Waals surface area (Å²) in [7, 11) is 0. The molecule has 0 bridgehead atoms. The highest BCUT2D eigenvalue weighted by atomic mass is 79.9. The van der Waals surface area contributed by atoms with Crippen molar-refractivity contribution in [2.45, 2.75) is 66.6 Å². The van der Waals surface area contributed by atoms with Crippen LogP contribution in [0.4, 0.5) is 9.59 Å². The second kappa shape index (κ2) is 9.37. The third-order valence-electron chi connectivity index (χ3n) is 3.15. The van der Waals surface area contributed by atoms with Crippen molar-refractivity contribution in [1.29, 1.82) is 0 Å². The average Bonchev–Trinajstić information content (AvgIpc) is 2.49. The van der Waals surface area contributed by atoms with Gasteiger partial charge < -0.3 is 9.47 Å². The fourth-order valence-electron chi connectivity index (χ4n) is 2.12. The largest absolute Gasteiger partial charge is 0.443 e. The summed E-state index contributed by atoms with van der Waals surface area (Å²) in [5.74, 6) is 0.150. The molecule has 0 saturated carbocycles. The van der Waals surface area contributed by atoms with Gasteiger partial charge in [-0.25, -0.2) is 14.6 Å². The highest BCUT2D eigenvalue weighted by molar-refractivity contribution is 9.10. The van der Waals surface area contributed by atoms with E-state index in [1.807, 2.05) is 31.2 Å². The van der Waals surface area contributed by atoms with Crippen LogP contribution in [0.1, 0.15) is 61.0 Å². The molecule has 2 amide bonds. The summed E-state index contributed by atoms with van der Waals surface area (Å²) in [6.45, 7) is 13.8. The lowest BCUT2D eigenvalue weighted by atomic mass is 10.1. The molecular formula is C21H29BrN2O4. The van der Waals surface area contributed by atoms with E-state index in [2.05, 4.69) is 20.9 Å². The Hall–Kier alpha value is -2.15. The molecule has 0 N–H and O–H groups in total. The van der Waals surface area contributed by atoms with Gasteiger partial charge in [0.2, 0.25) is 0 Å². The van der Waals surface area contributed by atoms with Gasteiger partial charge in [0.15, 0.2) is 0 Å². The van der Waals surface area contributed by atoms with Gasteiger partial charge in [-0.15, -0.1) is 0 Å². The number of aliphatic imine (C=N–C) groups is 1. The van der Waals surface area contributed by atoms with Gasteiger partial charge in [-0.3, -0.25) is 0 Å². The fourth-order valence-corrected chi connectivity index (χ4v) is 2.52. The predicted octanol–water partition coefficient (Wildman–Crippen LogP) is 6.40. The third kappa shape index (κ3) is 7.84. The minimum absolute atomic E-state index is 0.150. The minimum atomic E-state index is -0.840. The van der Waals surface area contributed by atoms with E-state index >= 15 is 0 Å². The minimum Gasteiger partial charge on any atom is -0.443 e. The van der Waals surface area contributed by atoms with Crippen molar-refractivity contribution in [3.8, 4) is 0 Å². The number of halogens is 1. The topological polar surface area (TPSA) is 68.2 Å². The second-order valence-electron chi connectivity index (χ2n) is 8.14. The summed E-state index contributed by atoms with van der Waals surface area (Å²) in [6, 6.07) is 7.58. The first-order chi connectivity index (χ1) is 12.7. The molecule has 0 saturated heterocycles. The molecule has 0 fully saturated rings. The molecule has 1 aromatic carbocycles. The Morgan fingerprint density at radius 1 is 1.04 bits per heavy atom. The smallest absolute Gasteiger partial charge is 0.425 e. The summed E-state index contributed by atoms with van der Waals surface area (Å²) in [5.41, 5.74) is -0.100. The van der Waals surface area contributed by atoms with Crippen LogP contribution in [0, 0.1) is 0 Å². The summed E-state index contributed by atoms with van der Waals surface area (Å²) in [5, 5.41) is 0. The molecule has 0 unspecified atom stereocenters. The van der Waals surface area contributed by atoms with E-state index < -0.39 is 23.4 Å². The highest BCUT2D eigenvalue weighted by Gasteiger charge is 2.33. The standard InChI is InChI=1S/C21H29BrN2O4/c1-9-17(15-11-10-12-16(22)13-15)23-14(2)24(18(25)27-20(3,4)5)19(26)28-21(6,7)8/h9-13H,1-8H3/b17-9-,23-14+. The van der Waals surface area contributed by atoms with Crippen molar-refractivity contribution in [2.24, 2.45) is 4.99 Å². The molecule has 0 heterocycles. The van der Waals surface area contributed by atoms with Gasteiger partial charge >= 0.3 is 12.2 Å². The maximum Gasteiger partial charge on any atom is 0.425 e. The van der Waals surface area contributed by atoms with Crippen molar-refractivity contribution in [3.63, 3.8) is 0 Å². The number of benzene rings is 1. The Bertz CT molecular complexity index is 758. The Morgan fingerprint density at radius 2 is 1.54 bits per heavy atom. The quantitative estimate of drug-likeness (QED) is 0.384. The number of imide groups is 1. The van der Waals surface area contributed by atoms with Crippen molar-refractivity contribution < 1.29 is 19.1 Å². The first-order valence-corrected chi connectivity index (χ1v) is 9.76. The molecule has 0 aliphatic rings. The third-order valence-corrected chi connectivity index (χ3v) is 3.65. The lowest BCUT2D eigenvalue weighted by Gasteiger charge is -2.28. The van der Waals surface area contributed by atoms with Gasteiger partial charge in [-0.1, -0.05) is 34.1 Å². The normalized spacial score (nSPS) is 13.2. The van der Waals surface area contributed by atoms with Crippen LogP contribution in [0.25, 0.3) is 5.70 Å². The Kier molecular flexibility index (Phi) is 7.99. The van der Waals surface area contributed by atoms with Gasteiger partial charge in [0.25, 0.3) is 0 Å². The molecule has 1 aromatic rings. The number of hydrogen-bond donors (Lipinski definition) is 0. The molecule has 0 aliphatic heterocycles. The first-order valence-electron chi connectivity index (χ1n) is 8.97. The van der Waals surface area contributed by atoms with Crippen molar-refractivity contribution >= 4 is 39.6 Å². The molecule has 0 aromatic heterocycles. The summed E-state index contributed by atoms with van der Waals surface area (Å²) in [4.78, 5) is 30.7. The van der Waals surface area contributed by atoms with Crippen LogP contribution >= 0.6 is 15.9 Å². The monoisotopic (exact) mass is 452 g/mol. The van der Waals surface area contributed by atoms with E-state index in [0.717, 1.165) is 14.9 Å². The van der Waals surface area contributed by atoms with Crippen LogP contribution in [0.5, 0.6) is 0 Å². The maximum absolute atomic E-state index is 12.7. The molecule has 1 rings (SSSR count). The van der Waals surface area contributed by atoms with Crippen molar-refractivity contribution in [2.75, 3.05) is 0 Å². The zero-order valence-electron chi connectivity index (χ0n) is 17.8. The van der Waals surface area contributed by atoms with Gasteiger partial charge in [0.1, 0.15) is 17.0 Å². The maximum atomic E-state index is 12.7. The Labute approximate surface area is 175 Å². The molecular weight excluding hydrogens is 424 g/mol. The highest BCUT2D eigenvalue weighted by Crippen LogP contribution is 2.22. The second-order valence-corrected chi connectivity index (χ2v) is 9.06. The van der Waals surface area contributed by atoms with Crippen molar-refractivity contribution in [3.05, 3.63) is 40.4 Å².